The van der Waals surface area contributed by atoms with Gasteiger partial charge in [0.1, 0.15) is 5.72 Å². The van der Waals surface area contributed by atoms with Crippen LogP contribution in [0.1, 0.15) is 33.3 Å². The fourth-order valence-corrected chi connectivity index (χ4v) is 2.50. The van der Waals surface area contributed by atoms with E-state index < -0.39 is 0 Å². The van der Waals surface area contributed by atoms with E-state index in [0.717, 1.165) is 6.42 Å². The molecule has 1 heterocycles. The van der Waals surface area contributed by atoms with Gasteiger partial charge in [0, 0.05) is 6.04 Å². The zero-order valence-corrected chi connectivity index (χ0v) is 10.6. The number of benzene rings is 1. The number of nitrogens with one attached hydrogen (secondary N) is 1. The van der Waals surface area contributed by atoms with E-state index in [-0.39, 0.29) is 11.3 Å². The molecule has 2 nitrogen and oxygen atoms in total. The highest BCUT2D eigenvalue weighted by atomic mass is 16.5. The summed E-state index contributed by atoms with van der Waals surface area (Å²) in [7, 11) is 0. The molecular formula is C14H21NO. The van der Waals surface area contributed by atoms with Crippen LogP contribution < -0.4 is 5.32 Å². The fourth-order valence-electron chi connectivity index (χ4n) is 2.50. The third-order valence-corrected chi connectivity index (χ3v) is 3.16. The molecule has 1 aromatic carbocycles. The number of hydrogen-bond donors (Lipinski definition) is 1. The average molecular weight is 219 g/mol. The van der Waals surface area contributed by atoms with E-state index >= 15 is 0 Å². The highest BCUT2D eigenvalue weighted by molar-refractivity contribution is 5.18. The topological polar surface area (TPSA) is 21.3 Å². The molecule has 0 aliphatic carbocycles. The van der Waals surface area contributed by atoms with Gasteiger partial charge < -0.3 is 4.74 Å². The Bertz CT molecular complexity index is 356. The van der Waals surface area contributed by atoms with Crippen molar-refractivity contribution in [3.8, 4) is 0 Å². The summed E-state index contributed by atoms with van der Waals surface area (Å²) in [6, 6.07) is 10.9. The van der Waals surface area contributed by atoms with Crippen molar-refractivity contribution in [3.63, 3.8) is 0 Å². The SMILES string of the molecule is CC1(C)NC(Cc2ccccc2)C(C)(C)O1. The molecule has 1 unspecified atom stereocenters. The minimum atomic E-state index is -0.219. The molecule has 2 heteroatoms. The Hall–Kier alpha value is -0.860. The summed E-state index contributed by atoms with van der Waals surface area (Å²) in [5, 5.41) is 3.55. The molecule has 1 aliphatic rings. The molecule has 0 aromatic heterocycles. The van der Waals surface area contributed by atoms with E-state index in [0.29, 0.717) is 6.04 Å². The Labute approximate surface area is 98.0 Å². The van der Waals surface area contributed by atoms with E-state index in [4.69, 9.17) is 4.74 Å². The second kappa shape index (κ2) is 3.86. The largest absolute Gasteiger partial charge is 0.354 e. The van der Waals surface area contributed by atoms with Gasteiger partial charge in [-0.1, -0.05) is 30.3 Å². The van der Waals surface area contributed by atoms with Crippen LogP contribution in [-0.2, 0) is 11.2 Å². The maximum absolute atomic E-state index is 6.01. The van der Waals surface area contributed by atoms with Gasteiger partial charge in [-0.2, -0.15) is 0 Å². The fraction of sp³-hybridized carbons (Fsp3) is 0.571. The second-order valence-corrected chi connectivity index (χ2v) is 5.60. The van der Waals surface area contributed by atoms with Crippen molar-refractivity contribution in [1.29, 1.82) is 0 Å². The van der Waals surface area contributed by atoms with Gasteiger partial charge in [-0.05, 0) is 39.7 Å². The summed E-state index contributed by atoms with van der Waals surface area (Å²) >= 11 is 0. The third kappa shape index (κ3) is 2.45. The van der Waals surface area contributed by atoms with Crippen LogP contribution in [0.4, 0.5) is 0 Å². The molecule has 0 spiro atoms. The van der Waals surface area contributed by atoms with E-state index in [2.05, 4.69) is 63.3 Å². The number of ether oxygens (including phenoxy) is 1. The molecule has 1 atom stereocenters. The minimum Gasteiger partial charge on any atom is -0.354 e. The third-order valence-electron chi connectivity index (χ3n) is 3.16. The normalized spacial score (nSPS) is 26.9. The molecule has 16 heavy (non-hydrogen) atoms. The molecule has 1 aliphatic heterocycles. The highest BCUT2D eigenvalue weighted by Gasteiger charge is 2.44. The van der Waals surface area contributed by atoms with Crippen LogP contribution in [0.2, 0.25) is 0 Å². The molecule has 0 saturated carbocycles. The quantitative estimate of drug-likeness (QED) is 0.825. The Kier molecular flexibility index (Phi) is 2.81. The Morgan fingerprint density at radius 1 is 1.12 bits per heavy atom. The Morgan fingerprint density at radius 3 is 2.25 bits per heavy atom. The van der Waals surface area contributed by atoms with Gasteiger partial charge in [0.05, 0.1) is 5.60 Å². The summed E-state index contributed by atoms with van der Waals surface area (Å²) in [5.74, 6) is 0. The van der Waals surface area contributed by atoms with Gasteiger partial charge in [-0.15, -0.1) is 0 Å². The molecule has 0 bridgehead atoms. The minimum absolute atomic E-state index is 0.112. The lowest BCUT2D eigenvalue weighted by Crippen LogP contribution is -2.42. The summed E-state index contributed by atoms with van der Waals surface area (Å²) in [4.78, 5) is 0. The van der Waals surface area contributed by atoms with Crippen LogP contribution >= 0.6 is 0 Å². The summed E-state index contributed by atoms with van der Waals surface area (Å²) in [6.45, 7) is 8.48. The van der Waals surface area contributed by atoms with Crippen LogP contribution in [0, 0.1) is 0 Å². The van der Waals surface area contributed by atoms with Crippen molar-refractivity contribution in [1.82, 2.24) is 5.32 Å². The Balaban J connectivity index is 2.11. The zero-order chi connectivity index (χ0) is 11.8. The van der Waals surface area contributed by atoms with E-state index in [1.54, 1.807) is 0 Å². The van der Waals surface area contributed by atoms with Gasteiger partial charge in [-0.3, -0.25) is 5.32 Å². The molecule has 1 fully saturated rings. The molecular weight excluding hydrogens is 198 g/mol. The molecule has 88 valence electrons. The number of rotatable bonds is 2. The van der Waals surface area contributed by atoms with Gasteiger partial charge in [0.15, 0.2) is 0 Å². The molecule has 1 saturated heterocycles. The van der Waals surface area contributed by atoms with Crippen LogP contribution in [0.3, 0.4) is 0 Å². The molecule has 1 N–H and O–H groups in total. The van der Waals surface area contributed by atoms with E-state index in [9.17, 15) is 0 Å². The van der Waals surface area contributed by atoms with Gasteiger partial charge >= 0.3 is 0 Å². The van der Waals surface area contributed by atoms with Gasteiger partial charge in [0.2, 0.25) is 0 Å². The van der Waals surface area contributed by atoms with Crippen LogP contribution in [0.15, 0.2) is 30.3 Å². The van der Waals surface area contributed by atoms with Crippen LogP contribution in [-0.4, -0.2) is 17.4 Å². The van der Waals surface area contributed by atoms with Crippen LogP contribution in [0.5, 0.6) is 0 Å². The zero-order valence-electron chi connectivity index (χ0n) is 10.6. The van der Waals surface area contributed by atoms with Gasteiger partial charge in [0.25, 0.3) is 0 Å². The number of hydrogen-bond acceptors (Lipinski definition) is 2. The lowest BCUT2D eigenvalue weighted by atomic mass is 9.93. The lowest BCUT2D eigenvalue weighted by molar-refractivity contribution is -0.0725. The summed E-state index contributed by atoms with van der Waals surface area (Å²) in [5.41, 5.74) is 1.02. The van der Waals surface area contributed by atoms with E-state index in [1.165, 1.54) is 5.56 Å². The summed E-state index contributed by atoms with van der Waals surface area (Å²) < 4.78 is 6.01. The van der Waals surface area contributed by atoms with Crippen LogP contribution in [0.25, 0.3) is 0 Å². The predicted octanol–water partition coefficient (Wildman–Crippen LogP) is 2.73. The van der Waals surface area contributed by atoms with Crippen molar-refractivity contribution in [3.05, 3.63) is 35.9 Å². The molecule has 2 rings (SSSR count). The predicted molar refractivity (Wildman–Crippen MR) is 66.3 cm³/mol. The standard InChI is InChI=1S/C14H21NO/c1-13(2)12(15-14(3,4)16-13)10-11-8-6-5-7-9-11/h5-9,12,15H,10H2,1-4H3. The monoisotopic (exact) mass is 219 g/mol. The van der Waals surface area contributed by atoms with Crippen molar-refractivity contribution < 1.29 is 4.74 Å². The first-order chi connectivity index (χ1) is 7.39. The first kappa shape index (κ1) is 11.6. The second-order valence-electron chi connectivity index (χ2n) is 5.60. The first-order valence-electron chi connectivity index (χ1n) is 5.91. The molecule has 1 aromatic rings. The van der Waals surface area contributed by atoms with Crippen molar-refractivity contribution in [2.75, 3.05) is 0 Å². The van der Waals surface area contributed by atoms with Crippen molar-refractivity contribution in [2.45, 2.75) is 51.5 Å². The van der Waals surface area contributed by atoms with Crippen molar-refractivity contribution >= 4 is 0 Å². The Morgan fingerprint density at radius 2 is 1.75 bits per heavy atom. The average Bonchev–Trinajstić information content (AvgIpc) is 2.36. The maximum atomic E-state index is 6.01. The smallest absolute Gasteiger partial charge is 0.114 e. The van der Waals surface area contributed by atoms with E-state index in [1.807, 2.05) is 0 Å². The lowest BCUT2D eigenvalue weighted by Gasteiger charge is -2.25. The first-order valence-corrected chi connectivity index (χ1v) is 5.91. The maximum Gasteiger partial charge on any atom is 0.114 e. The van der Waals surface area contributed by atoms with Crippen molar-refractivity contribution in [2.24, 2.45) is 0 Å². The molecule has 0 amide bonds. The summed E-state index contributed by atoms with van der Waals surface area (Å²) in [6.07, 6.45) is 1.01. The van der Waals surface area contributed by atoms with Gasteiger partial charge in [-0.25, -0.2) is 0 Å². The molecule has 0 radical (unpaired) electrons. The highest BCUT2D eigenvalue weighted by Crippen LogP contribution is 2.31.